The SMILES string of the molecule is CC(C)(C)[Si](C)(C)OCCCn1ccc2ncnc(Oc3ccc(NC(=O)c4cccc(-c5ccc(F)cc5)[n+]4[O-])cc3F)c21. The van der Waals surface area contributed by atoms with Crippen molar-refractivity contribution in [1.82, 2.24) is 14.5 Å². The van der Waals surface area contributed by atoms with Crippen LogP contribution in [0.1, 0.15) is 37.7 Å². The van der Waals surface area contributed by atoms with Gasteiger partial charge in [0.25, 0.3) is 5.69 Å². The van der Waals surface area contributed by atoms with Crippen LogP contribution in [0.25, 0.3) is 22.3 Å². The lowest BCUT2D eigenvalue weighted by Gasteiger charge is -2.36. The Kier molecular flexibility index (Phi) is 8.98. The van der Waals surface area contributed by atoms with Crippen LogP contribution >= 0.6 is 0 Å². The first-order chi connectivity index (χ1) is 21.3. The third-order valence-electron chi connectivity index (χ3n) is 8.04. The van der Waals surface area contributed by atoms with Crippen molar-refractivity contribution in [2.24, 2.45) is 0 Å². The summed E-state index contributed by atoms with van der Waals surface area (Å²) in [5, 5.41) is 15.6. The highest BCUT2D eigenvalue weighted by Crippen LogP contribution is 2.36. The predicted octanol–water partition coefficient (Wildman–Crippen LogP) is 7.47. The van der Waals surface area contributed by atoms with Crippen molar-refractivity contribution < 1.29 is 27.5 Å². The van der Waals surface area contributed by atoms with Crippen LogP contribution in [-0.4, -0.2) is 35.4 Å². The van der Waals surface area contributed by atoms with E-state index in [1.54, 1.807) is 6.07 Å². The number of ether oxygens (including phenoxy) is 1. The number of aromatic nitrogens is 4. The molecule has 0 aliphatic rings. The first kappa shape index (κ1) is 31.7. The number of fused-ring (bicyclic) bond motifs is 1. The monoisotopic (exact) mass is 631 g/mol. The van der Waals surface area contributed by atoms with E-state index in [1.807, 2.05) is 16.8 Å². The topological polar surface area (TPSA) is 105 Å². The zero-order valence-corrected chi connectivity index (χ0v) is 26.8. The second-order valence-electron chi connectivity index (χ2n) is 12.2. The molecule has 5 rings (SSSR count). The van der Waals surface area contributed by atoms with Crippen LogP contribution in [0.2, 0.25) is 18.1 Å². The van der Waals surface area contributed by atoms with Gasteiger partial charge in [-0.3, -0.25) is 4.79 Å². The van der Waals surface area contributed by atoms with E-state index < -0.39 is 25.9 Å². The van der Waals surface area contributed by atoms with E-state index in [4.69, 9.17) is 9.16 Å². The number of carbonyl (C=O) groups is 1. The average Bonchev–Trinajstić information content (AvgIpc) is 3.41. The zero-order chi connectivity index (χ0) is 32.4. The Morgan fingerprint density at radius 2 is 1.80 bits per heavy atom. The van der Waals surface area contributed by atoms with Crippen molar-refractivity contribution in [3.63, 3.8) is 0 Å². The van der Waals surface area contributed by atoms with Gasteiger partial charge < -0.3 is 24.3 Å². The number of nitrogens with zero attached hydrogens (tertiary/aromatic N) is 4. The van der Waals surface area contributed by atoms with Gasteiger partial charge >= 0.3 is 5.91 Å². The number of rotatable bonds is 10. The van der Waals surface area contributed by atoms with Crippen molar-refractivity contribution in [3.8, 4) is 22.9 Å². The molecule has 2 aromatic carbocycles. The van der Waals surface area contributed by atoms with Gasteiger partial charge in [0.1, 0.15) is 17.7 Å². The van der Waals surface area contributed by atoms with E-state index in [-0.39, 0.29) is 33.7 Å². The van der Waals surface area contributed by atoms with Crippen molar-refractivity contribution in [2.75, 3.05) is 11.9 Å². The Morgan fingerprint density at radius 3 is 2.51 bits per heavy atom. The fourth-order valence-electron chi connectivity index (χ4n) is 4.50. The van der Waals surface area contributed by atoms with Gasteiger partial charge in [0.2, 0.25) is 11.6 Å². The van der Waals surface area contributed by atoms with Crippen LogP contribution in [0, 0.1) is 16.8 Å². The molecule has 0 saturated heterocycles. The molecule has 0 atom stereocenters. The van der Waals surface area contributed by atoms with Crippen LogP contribution in [0.15, 0.2) is 79.3 Å². The number of nitrogens with one attached hydrogen (secondary N) is 1. The number of carbonyl (C=O) groups excluding carboxylic acids is 1. The van der Waals surface area contributed by atoms with E-state index in [2.05, 4.69) is 49.1 Å². The van der Waals surface area contributed by atoms with Crippen molar-refractivity contribution >= 4 is 30.9 Å². The maximum Gasteiger partial charge on any atom is 0.321 e. The molecular formula is C33H35F2N5O4Si. The maximum atomic E-state index is 15.2. The molecule has 0 unspecified atom stereocenters. The third kappa shape index (κ3) is 7.02. The summed E-state index contributed by atoms with van der Waals surface area (Å²) in [7, 11) is -1.86. The van der Waals surface area contributed by atoms with Crippen LogP contribution in [-0.2, 0) is 11.0 Å². The molecule has 0 bridgehead atoms. The lowest BCUT2D eigenvalue weighted by Crippen LogP contribution is -2.41. The first-order valence-electron chi connectivity index (χ1n) is 14.5. The molecule has 5 aromatic rings. The molecule has 1 N–H and O–H groups in total. The minimum absolute atomic E-state index is 0.0980. The number of halogens is 2. The lowest BCUT2D eigenvalue weighted by atomic mass is 10.1. The normalized spacial score (nSPS) is 12.0. The Hall–Kier alpha value is -4.68. The number of hydrogen-bond donors (Lipinski definition) is 1. The summed E-state index contributed by atoms with van der Waals surface area (Å²) in [4.78, 5) is 21.5. The fraction of sp³-hybridized carbons (Fsp3) is 0.273. The first-order valence-corrected chi connectivity index (χ1v) is 17.5. The summed E-state index contributed by atoms with van der Waals surface area (Å²) in [5.41, 5.74) is 1.80. The van der Waals surface area contributed by atoms with Crippen LogP contribution in [0.3, 0.4) is 0 Å². The van der Waals surface area contributed by atoms with E-state index in [0.29, 0.717) is 34.5 Å². The Balaban J connectivity index is 1.28. The van der Waals surface area contributed by atoms with Crippen LogP contribution < -0.4 is 14.8 Å². The number of aryl methyl sites for hydroxylation is 1. The summed E-state index contributed by atoms with van der Waals surface area (Å²) in [6.07, 6.45) is 4.01. The quantitative estimate of drug-likeness (QED) is 0.0742. The van der Waals surface area contributed by atoms with E-state index in [1.165, 1.54) is 54.9 Å². The maximum absolute atomic E-state index is 15.2. The second-order valence-corrected chi connectivity index (χ2v) is 17.0. The Labute approximate surface area is 261 Å². The van der Waals surface area contributed by atoms with Gasteiger partial charge in [-0.2, -0.15) is 9.71 Å². The molecule has 0 aliphatic heterocycles. The van der Waals surface area contributed by atoms with Gasteiger partial charge in [-0.1, -0.05) is 20.8 Å². The number of anilines is 1. The van der Waals surface area contributed by atoms with Gasteiger partial charge in [-0.05, 0) is 73.1 Å². The molecule has 1 amide bonds. The number of benzene rings is 2. The Morgan fingerprint density at radius 1 is 1.04 bits per heavy atom. The summed E-state index contributed by atoms with van der Waals surface area (Å²) in [5.74, 6) is -1.83. The predicted molar refractivity (Wildman–Crippen MR) is 171 cm³/mol. The van der Waals surface area contributed by atoms with Gasteiger partial charge in [0, 0.05) is 48.8 Å². The van der Waals surface area contributed by atoms with Gasteiger partial charge in [-0.25, -0.2) is 13.8 Å². The van der Waals surface area contributed by atoms with Crippen molar-refractivity contribution in [3.05, 3.63) is 102 Å². The molecule has 0 spiro atoms. The summed E-state index contributed by atoms with van der Waals surface area (Å²) in [6.45, 7) is 12.3. The molecular weight excluding hydrogens is 596 g/mol. The summed E-state index contributed by atoms with van der Waals surface area (Å²) in [6, 6.07) is 15.5. The summed E-state index contributed by atoms with van der Waals surface area (Å²) >= 11 is 0. The standard InChI is InChI=1S/C33H35F2N5O4Si/c1-33(2,3)45(4,5)43-19-7-17-39-18-16-26-30(39)32(37-21-36-26)44-29-15-14-24(20-25(29)35)38-31(41)28-9-6-8-27(40(28)42)22-10-12-23(34)13-11-22/h6,8-16,18,20-21H,7,17,19H2,1-5H3,(H,38,41). The highest BCUT2D eigenvalue weighted by molar-refractivity contribution is 6.74. The van der Waals surface area contributed by atoms with Gasteiger partial charge in [0.05, 0.1) is 5.52 Å². The molecule has 234 valence electrons. The number of hydrogen-bond acceptors (Lipinski definition) is 6. The molecule has 12 heteroatoms. The number of amides is 1. The van der Waals surface area contributed by atoms with E-state index >= 15 is 4.39 Å². The lowest BCUT2D eigenvalue weighted by molar-refractivity contribution is -0.595. The minimum Gasteiger partial charge on any atom is -0.618 e. The summed E-state index contributed by atoms with van der Waals surface area (Å²) < 4.78 is 43.2. The van der Waals surface area contributed by atoms with E-state index in [9.17, 15) is 14.4 Å². The van der Waals surface area contributed by atoms with Gasteiger partial charge in [-0.15, -0.1) is 0 Å². The molecule has 3 aromatic heterocycles. The zero-order valence-electron chi connectivity index (χ0n) is 25.8. The van der Waals surface area contributed by atoms with Crippen LogP contribution in [0.4, 0.5) is 14.5 Å². The van der Waals surface area contributed by atoms with Crippen LogP contribution in [0.5, 0.6) is 11.6 Å². The smallest absolute Gasteiger partial charge is 0.321 e. The molecule has 0 radical (unpaired) electrons. The molecule has 0 saturated carbocycles. The highest BCUT2D eigenvalue weighted by atomic mass is 28.4. The Bertz CT molecular complexity index is 1840. The third-order valence-corrected chi connectivity index (χ3v) is 12.6. The van der Waals surface area contributed by atoms with Gasteiger partial charge in [0.15, 0.2) is 19.9 Å². The molecule has 45 heavy (non-hydrogen) atoms. The molecule has 0 aliphatic carbocycles. The molecule has 0 fully saturated rings. The number of pyridine rings is 1. The molecule has 9 nitrogen and oxygen atoms in total. The molecule has 3 heterocycles. The fourth-order valence-corrected chi connectivity index (χ4v) is 5.59. The van der Waals surface area contributed by atoms with E-state index in [0.717, 1.165) is 12.5 Å². The largest absolute Gasteiger partial charge is 0.618 e. The second kappa shape index (κ2) is 12.7. The average molecular weight is 632 g/mol. The van der Waals surface area contributed by atoms with Crippen molar-refractivity contribution in [1.29, 1.82) is 0 Å². The highest BCUT2D eigenvalue weighted by Gasteiger charge is 2.36. The van der Waals surface area contributed by atoms with Crippen molar-refractivity contribution in [2.45, 2.75) is 51.9 Å². The minimum atomic E-state index is -1.86.